The van der Waals surface area contributed by atoms with Gasteiger partial charge in [-0.15, -0.1) is 0 Å². The summed E-state index contributed by atoms with van der Waals surface area (Å²) in [4.78, 5) is 36.9. The minimum atomic E-state index is -0.882. The SMILES string of the molecule is CC/C=C/C/C=C/C/C=C/C/C=C/CCCCCC(=O)OCC(COCCC(C(=O)O)[N+](C)(C)C)OC(=O)CCCCCCCCC/C=C/CCCCCC. The first-order valence-corrected chi connectivity index (χ1v) is 21.8. The summed E-state index contributed by atoms with van der Waals surface area (Å²) in [5.41, 5.74) is 0. The topological polar surface area (TPSA) is 99.1 Å². The van der Waals surface area contributed by atoms with Crippen molar-refractivity contribution < 1.29 is 38.2 Å². The zero-order valence-electron chi connectivity index (χ0n) is 35.9. The number of hydrogen-bond acceptors (Lipinski definition) is 6. The maximum Gasteiger partial charge on any atom is 0.362 e. The number of aliphatic carboxylic acids is 1. The van der Waals surface area contributed by atoms with Crippen molar-refractivity contribution in [3.8, 4) is 0 Å². The quantitative estimate of drug-likeness (QED) is 0.0289. The summed E-state index contributed by atoms with van der Waals surface area (Å²) in [7, 11) is 5.51. The molecule has 1 N–H and O–H groups in total. The zero-order chi connectivity index (χ0) is 40.7. The van der Waals surface area contributed by atoms with Gasteiger partial charge in [0.1, 0.15) is 6.61 Å². The smallest absolute Gasteiger partial charge is 0.362 e. The number of carbonyl (C=O) groups excluding carboxylic acids is 2. The Morgan fingerprint density at radius 1 is 0.564 bits per heavy atom. The first kappa shape index (κ1) is 52.0. The molecule has 316 valence electrons. The lowest BCUT2D eigenvalue weighted by Crippen LogP contribution is -2.50. The summed E-state index contributed by atoms with van der Waals surface area (Å²) in [6.07, 6.45) is 45.4. The van der Waals surface area contributed by atoms with E-state index in [1.807, 2.05) is 21.1 Å². The summed E-state index contributed by atoms with van der Waals surface area (Å²) in [6.45, 7) is 4.56. The second kappa shape index (κ2) is 37.9. The Morgan fingerprint density at radius 2 is 1.02 bits per heavy atom. The summed E-state index contributed by atoms with van der Waals surface area (Å²) < 4.78 is 17.2. The fraction of sp³-hybridized carbons (Fsp3) is 0.723. The monoisotopic (exact) mass is 773 g/mol. The molecule has 0 saturated heterocycles. The van der Waals surface area contributed by atoms with Crippen LogP contribution in [0.4, 0.5) is 0 Å². The van der Waals surface area contributed by atoms with E-state index in [0.717, 1.165) is 70.6 Å². The number of quaternary nitrogens is 1. The van der Waals surface area contributed by atoms with Crippen LogP contribution in [-0.2, 0) is 28.6 Å². The number of carboxylic acids is 1. The summed E-state index contributed by atoms with van der Waals surface area (Å²) in [5, 5.41) is 9.61. The van der Waals surface area contributed by atoms with Gasteiger partial charge in [0.2, 0.25) is 0 Å². The van der Waals surface area contributed by atoms with Crippen molar-refractivity contribution in [1.29, 1.82) is 0 Å². The predicted octanol–water partition coefficient (Wildman–Crippen LogP) is 11.8. The van der Waals surface area contributed by atoms with Gasteiger partial charge in [0.15, 0.2) is 12.1 Å². The third kappa shape index (κ3) is 36.4. The van der Waals surface area contributed by atoms with Gasteiger partial charge in [0.25, 0.3) is 0 Å². The van der Waals surface area contributed by atoms with Crippen molar-refractivity contribution in [2.24, 2.45) is 0 Å². The first-order valence-electron chi connectivity index (χ1n) is 21.8. The summed E-state index contributed by atoms with van der Waals surface area (Å²) in [5.74, 6) is -1.52. The van der Waals surface area contributed by atoms with E-state index in [2.05, 4.69) is 74.6 Å². The van der Waals surface area contributed by atoms with E-state index in [9.17, 15) is 19.5 Å². The van der Waals surface area contributed by atoms with E-state index in [1.54, 1.807) is 0 Å². The van der Waals surface area contributed by atoms with E-state index < -0.39 is 18.1 Å². The molecule has 0 aromatic carbocycles. The third-order valence-corrected chi connectivity index (χ3v) is 9.40. The molecule has 8 heteroatoms. The average Bonchev–Trinajstić information content (AvgIpc) is 3.14. The van der Waals surface area contributed by atoms with Crippen LogP contribution in [0.2, 0.25) is 0 Å². The number of nitrogens with zero attached hydrogens (tertiary/aromatic N) is 1. The molecule has 0 bridgehead atoms. The van der Waals surface area contributed by atoms with Crippen molar-refractivity contribution in [2.45, 2.75) is 180 Å². The van der Waals surface area contributed by atoms with Gasteiger partial charge in [0, 0.05) is 19.3 Å². The number of allylic oxidation sites excluding steroid dienone is 10. The Kier molecular flexibility index (Phi) is 35.9. The van der Waals surface area contributed by atoms with Crippen molar-refractivity contribution in [3.05, 3.63) is 60.8 Å². The number of carboxylic acid groups (broad SMARTS) is 1. The van der Waals surface area contributed by atoms with Gasteiger partial charge >= 0.3 is 17.9 Å². The van der Waals surface area contributed by atoms with Crippen LogP contribution in [0.1, 0.15) is 168 Å². The number of ether oxygens (including phenoxy) is 3. The molecule has 55 heavy (non-hydrogen) atoms. The second-order valence-corrected chi connectivity index (χ2v) is 15.6. The predicted molar refractivity (Wildman–Crippen MR) is 229 cm³/mol. The maximum atomic E-state index is 12.7. The van der Waals surface area contributed by atoms with Gasteiger partial charge in [-0.2, -0.15) is 0 Å². The van der Waals surface area contributed by atoms with Gasteiger partial charge in [-0.3, -0.25) is 9.59 Å². The molecule has 2 atom stereocenters. The van der Waals surface area contributed by atoms with Crippen LogP contribution in [0.3, 0.4) is 0 Å². The summed E-state index contributed by atoms with van der Waals surface area (Å²) >= 11 is 0. The van der Waals surface area contributed by atoms with Crippen LogP contribution in [0, 0.1) is 0 Å². The van der Waals surface area contributed by atoms with E-state index in [4.69, 9.17) is 14.2 Å². The van der Waals surface area contributed by atoms with Crippen molar-refractivity contribution >= 4 is 17.9 Å². The molecule has 0 aliphatic heterocycles. The molecule has 0 fully saturated rings. The number of esters is 2. The summed E-state index contributed by atoms with van der Waals surface area (Å²) in [6, 6.07) is -0.622. The number of rotatable bonds is 38. The highest BCUT2D eigenvalue weighted by atomic mass is 16.6. The fourth-order valence-corrected chi connectivity index (χ4v) is 6.02. The Balaban J connectivity index is 4.42. The lowest BCUT2D eigenvalue weighted by Gasteiger charge is -2.31. The van der Waals surface area contributed by atoms with E-state index in [-0.39, 0.29) is 36.2 Å². The lowest BCUT2D eigenvalue weighted by atomic mass is 10.1. The molecule has 0 heterocycles. The Bertz CT molecular complexity index is 1090. The van der Waals surface area contributed by atoms with Crippen LogP contribution in [0.15, 0.2) is 60.8 Å². The highest BCUT2D eigenvalue weighted by molar-refractivity contribution is 5.72. The molecule has 2 unspecified atom stereocenters. The third-order valence-electron chi connectivity index (χ3n) is 9.40. The minimum absolute atomic E-state index is 0.0470. The molecule has 0 spiro atoms. The molecule has 0 aromatic rings. The molecular formula is C47H82NO7+. The standard InChI is InChI=1S/C47H81NO7/c1-6-8-10-12-14-16-18-20-22-24-25-27-29-31-33-35-37-45(49)54-42-43(41-53-40-39-44(47(51)52)48(3,4)5)55-46(50)38-36-34-32-30-28-26-23-21-19-17-15-13-11-9-7-2/h8,10,14,16-17,19-20,22,25,27,43-44H,6-7,9,11-13,15,18,21,23-24,26,28-42H2,1-5H3/p+1/b10-8+,16-14+,19-17+,22-20+,27-25+. The highest BCUT2D eigenvalue weighted by Crippen LogP contribution is 2.13. The minimum Gasteiger partial charge on any atom is -0.477 e. The largest absolute Gasteiger partial charge is 0.477 e. The van der Waals surface area contributed by atoms with Crippen LogP contribution in [-0.4, -0.2) is 80.6 Å². The van der Waals surface area contributed by atoms with Crippen LogP contribution in [0.25, 0.3) is 0 Å². The molecular weight excluding hydrogens is 691 g/mol. The van der Waals surface area contributed by atoms with Crippen molar-refractivity contribution in [1.82, 2.24) is 0 Å². The lowest BCUT2D eigenvalue weighted by molar-refractivity contribution is -0.887. The van der Waals surface area contributed by atoms with Crippen LogP contribution < -0.4 is 0 Å². The molecule has 0 aliphatic carbocycles. The Hall–Kier alpha value is -2.97. The number of hydrogen-bond donors (Lipinski definition) is 1. The van der Waals surface area contributed by atoms with Gasteiger partial charge in [-0.05, 0) is 77.0 Å². The number of unbranched alkanes of at least 4 members (excludes halogenated alkanes) is 14. The van der Waals surface area contributed by atoms with E-state index in [1.165, 1.54) is 64.2 Å². The van der Waals surface area contributed by atoms with Gasteiger partial charge in [0.05, 0.1) is 34.4 Å². The van der Waals surface area contributed by atoms with Crippen molar-refractivity contribution in [3.63, 3.8) is 0 Å². The van der Waals surface area contributed by atoms with Gasteiger partial charge < -0.3 is 23.8 Å². The molecule has 0 saturated carbocycles. The van der Waals surface area contributed by atoms with Gasteiger partial charge in [-0.25, -0.2) is 4.79 Å². The average molecular weight is 773 g/mol. The van der Waals surface area contributed by atoms with Crippen LogP contribution >= 0.6 is 0 Å². The van der Waals surface area contributed by atoms with Crippen LogP contribution in [0.5, 0.6) is 0 Å². The van der Waals surface area contributed by atoms with E-state index in [0.29, 0.717) is 19.3 Å². The molecule has 0 rings (SSSR count). The normalized spacial score (nSPS) is 13.5. The molecule has 0 radical (unpaired) electrons. The first-order chi connectivity index (χ1) is 26.6. The fourth-order valence-electron chi connectivity index (χ4n) is 6.02. The molecule has 0 aromatic heterocycles. The molecule has 0 amide bonds. The maximum absolute atomic E-state index is 12.7. The second-order valence-electron chi connectivity index (χ2n) is 15.6. The molecule has 8 nitrogen and oxygen atoms in total. The Morgan fingerprint density at radius 3 is 1.55 bits per heavy atom. The zero-order valence-corrected chi connectivity index (χ0v) is 35.9. The van der Waals surface area contributed by atoms with Gasteiger partial charge in [-0.1, -0.05) is 132 Å². The van der Waals surface area contributed by atoms with E-state index >= 15 is 0 Å². The molecule has 0 aliphatic rings. The highest BCUT2D eigenvalue weighted by Gasteiger charge is 2.31. The number of likely N-dealkylation sites (N-methyl/N-ethyl adjacent to an activating group) is 1. The Labute approximate surface area is 337 Å². The van der Waals surface area contributed by atoms with Crippen molar-refractivity contribution in [2.75, 3.05) is 41.0 Å². The number of carbonyl (C=O) groups is 3.